The van der Waals surface area contributed by atoms with Crippen LogP contribution in [0.1, 0.15) is 51.4 Å². The largest absolute Gasteiger partial charge is 0.326 e. The van der Waals surface area contributed by atoms with Crippen LogP contribution in [0.25, 0.3) is 0 Å². The van der Waals surface area contributed by atoms with Crippen LogP contribution < -0.4 is 10.6 Å². The standard InChI is InChI=1S/C22H28N2O2/c1-21(2,3)15-22(4,5)20(26)24-18-13-9-12-17(14-18)23-19(25)16-10-7-6-8-11-16/h6-14H,15H2,1-5H3,(H,23,25)(H,24,26). The minimum atomic E-state index is -0.485. The van der Waals surface area contributed by atoms with Crippen LogP contribution >= 0.6 is 0 Å². The summed E-state index contributed by atoms with van der Waals surface area (Å²) >= 11 is 0. The minimum Gasteiger partial charge on any atom is -0.326 e. The lowest BCUT2D eigenvalue weighted by atomic mass is 9.75. The van der Waals surface area contributed by atoms with Crippen molar-refractivity contribution in [2.24, 2.45) is 10.8 Å². The Morgan fingerprint density at radius 3 is 1.96 bits per heavy atom. The van der Waals surface area contributed by atoms with E-state index in [1.807, 2.05) is 44.2 Å². The summed E-state index contributed by atoms with van der Waals surface area (Å²) in [7, 11) is 0. The normalized spacial score (nSPS) is 11.7. The minimum absolute atomic E-state index is 0.0287. The maximum atomic E-state index is 12.7. The second kappa shape index (κ2) is 7.73. The van der Waals surface area contributed by atoms with Crippen LogP contribution in [0.15, 0.2) is 54.6 Å². The molecule has 0 radical (unpaired) electrons. The highest BCUT2D eigenvalue weighted by Crippen LogP contribution is 2.34. The summed E-state index contributed by atoms with van der Waals surface area (Å²) in [6.45, 7) is 10.3. The second-order valence-electron chi connectivity index (χ2n) is 8.48. The third-order valence-corrected chi connectivity index (χ3v) is 4.00. The van der Waals surface area contributed by atoms with Gasteiger partial charge in [-0.25, -0.2) is 0 Å². The molecule has 2 aromatic rings. The Morgan fingerprint density at radius 2 is 1.38 bits per heavy atom. The van der Waals surface area contributed by atoms with E-state index in [4.69, 9.17) is 0 Å². The van der Waals surface area contributed by atoms with Gasteiger partial charge in [-0.15, -0.1) is 0 Å². The molecule has 26 heavy (non-hydrogen) atoms. The van der Waals surface area contributed by atoms with Crippen LogP contribution in [0.3, 0.4) is 0 Å². The van der Waals surface area contributed by atoms with Gasteiger partial charge in [0, 0.05) is 22.4 Å². The Balaban J connectivity index is 2.07. The molecule has 0 unspecified atom stereocenters. The number of amides is 2. The van der Waals surface area contributed by atoms with Crippen molar-refractivity contribution >= 4 is 23.2 Å². The van der Waals surface area contributed by atoms with Gasteiger partial charge in [-0.3, -0.25) is 9.59 Å². The Kier molecular flexibility index (Phi) is 5.86. The van der Waals surface area contributed by atoms with Crippen LogP contribution in [0, 0.1) is 10.8 Å². The van der Waals surface area contributed by atoms with Gasteiger partial charge in [-0.05, 0) is 42.2 Å². The van der Waals surface area contributed by atoms with Gasteiger partial charge in [0.05, 0.1) is 0 Å². The van der Waals surface area contributed by atoms with Crippen molar-refractivity contribution in [2.75, 3.05) is 10.6 Å². The van der Waals surface area contributed by atoms with E-state index in [0.29, 0.717) is 16.9 Å². The van der Waals surface area contributed by atoms with Gasteiger partial charge in [0.25, 0.3) is 5.91 Å². The molecule has 0 fully saturated rings. The van der Waals surface area contributed by atoms with E-state index >= 15 is 0 Å². The first-order chi connectivity index (χ1) is 12.1. The highest BCUT2D eigenvalue weighted by molar-refractivity contribution is 6.04. The first kappa shape index (κ1) is 19.7. The van der Waals surface area contributed by atoms with Crippen molar-refractivity contribution in [2.45, 2.75) is 41.0 Å². The van der Waals surface area contributed by atoms with Gasteiger partial charge in [0.1, 0.15) is 0 Å². The van der Waals surface area contributed by atoms with E-state index < -0.39 is 5.41 Å². The molecule has 138 valence electrons. The monoisotopic (exact) mass is 352 g/mol. The fourth-order valence-electron chi connectivity index (χ4n) is 3.17. The van der Waals surface area contributed by atoms with Crippen molar-refractivity contribution in [3.63, 3.8) is 0 Å². The molecule has 4 nitrogen and oxygen atoms in total. The van der Waals surface area contributed by atoms with Gasteiger partial charge in [-0.1, -0.05) is 58.9 Å². The number of rotatable bonds is 5. The zero-order valence-corrected chi connectivity index (χ0v) is 16.2. The number of benzene rings is 2. The maximum absolute atomic E-state index is 12.7. The number of carbonyl (C=O) groups excluding carboxylic acids is 2. The van der Waals surface area contributed by atoms with Crippen molar-refractivity contribution in [3.8, 4) is 0 Å². The average molecular weight is 352 g/mol. The van der Waals surface area contributed by atoms with Gasteiger partial charge in [-0.2, -0.15) is 0 Å². The van der Waals surface area contributed by atoms with E-state index in [-0.39, 0.29) is 17.2 Å². The highest BCUT2D eigenvalue weighted by Gasteiger charge is 2.32. The van der Waals surface area contributed by atoms with Crippen molar-refractivity contribution < 1.29 is 9.59 Å². The number of hydrogen-bond donors (Lipinski definition) is 2. The molecule has 0 aliphatic heterocycles. The van der Waals surface area contributed by atoms with Crippen molar-refractivity contribution in [3.05, 3.63) is 60.2 Å². The summed E-state index contributed by atoms with van der Waals surface area (Å²) < 4.78 is 0. The summed E-state index contributed by atoms with van der Waals surface area (Å²) in [4.78, 5) is 24.9. The molecule has 4 heteroatoms. The topological polar surface area (TPSA) is 58.2 Å². The molecule has 2 rings (SSSR count). The zero-order chi connectivity index (χ0) is 19.4. The molecule has 0 aliphatic rings. The predicted octanol–water partition coefficient (Wildman–Crippen LogP) is 5.34. The molecule has 0 atom stereocenters. The van der Waals surface area contributed by atoms with E-state index in [1.165, 1.54) is 0 Å². The van der Waals surface area contributed by atoms with E-state index in [1.54, 1.807) is 24.3 Å². The molecular formula is C22H28N2O2. The van der Waals surface area contributed by atoms with Crippen molar-refractivity contribution in [1.29, 1.82) is 0 Å². The summed E-state index contributed by atoms with van der Waals surface area (Å²) in [5, 5.41) is 5.83. The van der Waals surface area contributed by atoms with E-state index in [2.05, 4.69) is 31.4 Å². The number of nitrogens with one attached hydrogen (secondary N) is 2. The van der Waals surface area contributed by atoms with Crippen LogP contribution in [-0.4, -0.2) is 11.8 Å². The Labute approximate surface area is 156 Å². The van der Waals surface area contributed by atoms with E-state index in [9.17, 15) is 9.59 Å². The predicted molar refractivity (Wildman–Crippen MR) is 107 cm³/mol. The Bertz CT molecular complexity index is 774. The SMILES string of the molecule is CC(C)(C)CC(C)(C)C(=O)Nc1cccc(NC(=O)c2ccccc2)c1. The molecule has 2 N–H and O–H groups in total. The van der Waals surface area contributed by atoms with Gasteiger partial charge in [0.2, 0.25) is 5.91 Å². The lowest BCUT2D eigenvalue weighted by molar-refractivity contribution is -0.125. The van der Waals surface area contributed by atoms with Gasteiger partial charge < -0.3 is 10.6 Å². The van der Waals surface area contributed by atoms with Crippen LogP contribution in [0.2, 0.25) is 0 Å². The first-order valence-corrected chi connectivity index (χ1v) is 8.85. The van der Waals surface area contributed by atoms with Gasteiger partial charge >= 0.3 is 0 Å². The van der Waals surface area contributed by atoms with E-state index in [0.717, 1.165) is 6.42 Å². The Morgan fingerprint density at radius 1 is 0.808 bits per heavy atom. The summed E-state index contributed by atoms with van der Waals surface area (Å²) in [5.74, 6) is -0.207. The molecule has 0 bridgehead atoms. The van der Waals surface area contributed by atoms with Crippen LogP contribution in [0.5, 0.6) is 0 Å². The summed E-state index contributed by atoms with van der Waals surface area (Å²) in [5.41, 5.74) is 1.48. The molecular weight excluding hydrogens is 324 g/mol. The smallest absolute Gasteiger partial charge is 0.255 e. The average Bonchev–Trinajstić information content (AvgIpc) is 2.53. The zero-order valence-electron chi connectivity index (χ0n) is 16.2. The second-order valence-corrected chi connectivity index (χ2v) is 8.48. The molecule has 0 spiro atoms. The molecule has 0 aromatic heterocycles. The quantitative estimate of drug-likeness (QED) is 0.763. The number of carbonyl (C=O) groups is 2. The third kappa shape index (κ3) is 5.73. The Hall–Kier alpha value is -2.62. The fraction of sp³-hybridized carbons (Fsp3) is 0.364. The molecule has 0 heterocycles. The summed E-state index contributed by atoms with van der Waals surface area (Å²) in [6, 6.07) is 16.2. The molecule has 2 amide bonds. The highest BCUT2D eigenvalue weighted by atomic mass is 16.2. The molecule has 2 aromatic carbocycles. The molecule has 0 saturated carbocycles. The van der Waals surface area contributed by atoms with Crippen molar-refractivity contribution in [1.82, 2.24) is 0 Å². The van der Waals surface area contributed by atoms with Crippen LogP contribution in [-0.2, 0) is 4.79 Å². The number of hydrogen-bond acceptors (Lipinski definition) is 2. The first-order valence-electron chi connectivity index (χ1n) is 8.85. The third-order valence-electron chi connectivity index (χ3n) is 4.00. The molecule has 0 saturated heterocycles. The lowest BCUT2D eigenvalue weighted by Gasteiger charge is -2.31. The number of anilines is 2. The summed E-state index contributed by atoms with van der Waals surface area (Å²) in [6.07, 6.45) is 0.774. The van der Waals surface area contributed by atoms with Gasteiger partial charge in [0.15, 0.2) is 0 Å². The fourth-order valence-corrected chi connectivity index (χ4v) is 3.17. The molecule has 0 aliphatic carbocycles. The lowest BCUT2D eigenvalue weighted by Crippen LogP contribution is -2.34. The maximum Gasteiger partial charge on any atom is 0.255 e. The van der Waals surface area contributed by atoms with Crippen LogP contribution in [0.4, 0.5) is 11.4 Å².